The van der Waals surface area contributed by atoms with E-state index in [1.165, 1.54) is 0 Å². The van der Waals surface area contributed by atoms with Gasteiger partial charge in [-0.1, -0.05) is 12.1 Å². The zero-order valence-electron chi connectivity index (χ0n) is 7.24. The molecule has 0 spiro atoms. The van der Waals surface area contributed by atoms with E-state index in [0.29, 0.717) is 0 Å². The number of hydrogen-bond acceptors (Lipinski definition) is 4. The van der Waals surface area contributed by atoms with Crippen LogP contribution in [-0.4, -0.2) is 27.9 Å². The summed E-state index contributed by atoms with van der Waals surface area (Å²) in [5.74, 6) is 0. The molecule has 1 heterocycles. The smallest absolute Gasteiger partial charge is 0.233 e. The molecule has 0 fully saturated rings. The number of rotatable bonds is 1. The largest absolute Gasteiger partial charge is 0.493 e. The Labute approximate surface area is 102 Å². The van der Waals surface area contributed by atoms with Crippen molar-refractivity contribution in [1.29, 1.82) is 0 Å². The molecule has 0 aliphatic heterocycles. The molecule has 1 aromatic heterocycles. The summed E-state index contributed by atoms with van der Waals surface area (Å²) in [6.07, 6.45) is 0. The van der Waals surface area contributed by atoms with Gasteiger partial charge in [0.2, 0.25) is 4.38 Å². The Hall–Kier alpha value is 0.394. The molecule has 0 saturated carbocycles. The van der Waals surface area contributed by atoms with Crippen LogP contribution >= 0.6 is 35.5 Å². The Morgan fingerprint density at radius 2 is 1.85 bits per heavy atom. The maximum Gasteiger partial charge on any atom is 0.233 e. The van der Waals surface area contributed by atoms with Crippen LogP contribution in [0.3, 0.4) is 0 Å². The van der Waals surface area contributed by atoms with Crippen LogP contribution in [0.15, 0.2) is 22.9 Å². The summed E-state index contributed by atoms with van der Waals surface area (Å²) in [4.78, 5) is 0. The van der Waals surface area contributed by atoms with Gasteiger partial charge < -0.3 is 5.11 Å². The van der Waals surface area contributed by atoms with Crippen LogP contribution in [0.5, 0.6) is 0 Å². The third-order valence-corrected chi connectivity index (χ3v) is 2.06. The number of nitrogens with zero attached hydrogens (tertiary/aromatic N) is 1. The molecule has 1 N–H and O–H groups in total. The number of thiophene rings is 1. The molecule has 0 atom stereocenters. The van der Waals surface area contributed by atoms with E-state index >= 15 is 0 Å². The van der Waals surface area contributed by atoms with Gasteiger partial charge in [0, 0.05) is 28.4 Å². The van der Waals surface area contributed by atoms with Gasteiger partial charge in [-0.05, 0) is 37.1 Å². The van der Waals surface area contributed by atoms with Crippen molar-refractivity contribution < 1.29 is 21.6 Å². The Balaban J connectivity index is 0. The third-order valence-electron chi connectivity index (χ3n) is 0.686. The summed E-state index contributed by atoms with van der Waals surface area (Å²) >= 11 is 7.19. The normalized spacial score (nSPS) is 8.23. The van der Waals surface area contributed by atoms with Crippen molar-refractivity contribution in [3.63, 3.8) is 0 Å². The van der Waals surface area contributed by atoms with Crippen molar-refractivity contribution in [1.82, 2.24) is 4.31 Å². The van der Waals surface area contributed by atoms with Crippen LogP contribution in [0.1, 0.15) is 0 Å². The van der Waals surface area contributed by atoms with Crippen molar-refractivity contribution in [3.8, 4) is 0 Å². The Morgan fingerprint density at radius 3 is 1.92 bits per heavy atom. The van der Waals surface area contributed by atoms with Crippen LogP contribution < -0.4 is 0 Å². The van der Waals surface area contributed by atoms with E-state index in [0.717, 1.165) is 11.9 Å². The maximum atomic E-state index is 8.38. The predicted octanol–water partition coefficient (Wildman–Crippen LogP) is 2.78. The van der Waals surface area contributed by atoms with E-state index in [2.05, 4.69) is 12.2 Å². The zero-order chi connectivity index (χ0) is 9.40. The fraction of sp³-hybridized carbons (Fsp3) is 0.286. The zero-order valence-corrected chi connectivity index (χ0v) is 10.7. The molecule has 1 rings (SSSR count). The fourth-order valence-corrected chi connectivity index (χ4v) is 1.60. The van der Waals surface area contributed by atoms with Gasteiger partial charge in [0.25, 0.3) is 0 Å². The molecule has 0 bridgehead atoms. The number of hydrogen-bond donors (Lipinski definition) is 1. The van der Waals surface area contributed by atoms with E-state index in [4.69, 9.17) is 5.11 Å². The minimum absolute atomic E-state index is 0. The molecule has 1 aromatic rings. The van der Waals surface area contributed by atoms with E-state index in [1.54, 1.807) is 15.6 Å². The standard InChI is InChI=1S/C4H4S.C3H7NOS2.Ni/c1-2-4-5-3-1;1-4(2)7-3(5)6;/h1-4H;1-2H3,(H,5,6);. The Morgan fingerprint density at radius 1 is 1.38 bits per heavy atom. The summed E-state index contributed by atoms with van der Waals surface area (Å²) in [7, 11) is 3.63. The second kappa shape index (κ2) is 10.5. The predicted molar refractivity (Wildman–Crippen MR) is 60.8 cm³/mol. The van der Waals surface area contributed by atoms with Crippen molar-refractivity contribution in [2.24, 2.45) is 0 Å². The quantitative estimate of drug-likeness (QED) is 0.485. The molecular formula is C7H11NNiOS3. The molecule has 0 aliphatic rings. The molecule has 0 radical (unpaired) electrons. The van der Waals surface area contributed by atoms with E-state index in [1.807, 2.05) is 37.0 Å². The Bertz CT molecular complexity index is 186. The second-order valence-electron chi connectivity index (χ2n) is 1.96. The molecule has 2 nitrogen and oxygen atoms in total. The van der Waals surface area contributed by atoms with Crippen LogP contribution in [-0.2, 0) is 16.5 Å². The van der Waals surface area contributed by atoms with Crippen LogP contribution in [0.4, 0.5) is 0 Å². The summed E-state index contributed by atoms with van der Waals surface area (Å²) in [5.41, 5.74) is 0. The number of aliphatic hydroxyl groups excluding tert-OH is 1. The van der Waals surface area contributed by atoms with Gasteiger partial charge in [0.1, 0.15) is 0 Å². The average Bonchev–Trinajstić information content (AvgIpc) is 2.36. The first kappa shape index (κ1) is 15.8. The van der Waals surface area contributed by atoms with Gasteiger partial charge >= 0.3 is 0 Å². The number of aliphatic hydroxyl groups is 1. The van der Waals surface area contributed by atoms with Gasteiger partial charge in [0.05, 0.1) is 0 Å². The molecule has 0 unspecified atom stereocenters. The SMILES string of the molecule is CN(C)SC(O)=S.[Ni].c1ccsc1. The van der Waals surface area contributed by atoms with Crippen molar-refractivity contribution in [3.05, 3.63) is 22.9 Å². The van der Waals surface area contributed by atoms with Crippen LogP contribution in [0.2, 0.25) is 0 Å². The van der Waals surface area contributed by atoms with Gasteiger partial charge in [0.15, 0.2) is 0 Å². The minimum atomic E-state index is -0.0370. The first-order chi connectivity index (χ1) is 5.63. The first-order valence-corrected chi connectivity index (χ1v) is 5.30. The fourth-order valence-electron chi connectivity index (χ4n) is 0.383. The monoisotopic (exact) mass is 279 g/mol. The maximum absolute atomic E-state index is 8.38. The molecule has 0 saturated heterocycles. The van der Waals surface area contributed by atoms with Crippen molar-refractivity contribution in [2.75, 3.05) is 14.1 Å². The summed E-state index contributed by atoms with van der Waals surface area (Å²) in [5, 5.41) is 12.5. The summed E-state index contributed by atoms with van der Waals surface area (Å²) < 4.78 is 1.69. The van der Waals surface area contributed by atoms with E-state index in [-0.39, 0.29) is 20.9 Å². The van der Waals surface area contributed by atoms with Gasteiger partial charge in [-0.3, -0.25) is 0 Å². The molecule has 13 heavy (non-hydrogen) atoms. The number of thiocarbonyl (C=S) groups is 1. The van der Waals surface area contributed by atoms with Gasteiger partial charge in [-0.2, -0.15) is 11.3 Å². The van der Waals surface area contributed by atoms with E-state index in [9.17, 15) is 0 Å². The Kier molecular flexibility index (Phi) is 12.8. The minimum Gasteiger partial charge on any atom is -0.493 e. The van der Waals surface area contributed by atoms with E-state index < -0.39 is 0 Å². The molecular weight excluding hydrogens is 269 g/mol. The average molecular weight is 280 g/mol. The molecule has 0 aromatic carbocycles. The molecule has 0 aliphatic carbocycles. The summed E-state index contributed by atoms with van der Waals surface area (Å²) in [6, 6.07) is 4.04. The third kappa shape index (κ3) is 15.2. The molecule has 0 amide bonds. The molecule has 78 valence electrons. The topological polar surface area (TPSA) is 23.5 Å². The van der Waals surface area contributed by atoms with Gasteiger partial charge in [-0.25, -0.2) is 4.31 Å². The molecule has 6 heteroatoms. The van der Waals surface area contributed by atoms with Crippen molar-refractivity contribution >= 4 is 39.9 Å². The first-order valence-electron chi connectivity index (χ1n) is 3.18. The van der Waals surface area contributed by atoms with Crippen molar-refractivity contribution in [2.45, 2.75) is 0 Å². The summed E-state index contributed by atoms with van der Waals surface area (Å²) in [6.45, 7) is 0. The van der Waals surface area contributed by atoms with Crippen LogP contribution in [0.25, 0.3) is 0 Å². The van der Waals surface area contributed by atoms with Gasteiger partial charge in [-0.15, -0.1) is 0 Å². The van der Waals surface area contributed by atoms with Crippen LogP contribution in [0, 0.1) is 0 Å². The second-order valence-corrected chi connectivity index (χ2v) is 4.72.